The van der Waals surface area contributed by atoms with Gasteiger partial charge in [-0.05, 0) is 32.3 Å². The van der Waals surface area contributed by atoms with E-state index in [0.29, 0.717) is 19.5 Å². The number of aliphatic carboxylic acids is 1. The van der Waals surface area contributed by atoms with Crippen molar-refractivity contribution in [1.82, 2.24) is 10.2 Å². The molecule has 21 heavy (non-hydrogen) atoms. The van der Waals surface area contributed by atoms with Gasteiger partial charge < -0.3 is 15.3 Å². The zero-order valence-electron chi connectivity index (χ0n) is 12.5. The summed E-state index contributed by atoms with van der Waals surface area (Å²) in [5.41, 5.74) is 2.20. The topological polar surface area (TPSA) is 69.6 Å². The van der Waals surface area contributed by atoms with Crippen molar-refractivity contribution in [3.05, 3.63) is 35.4 Å². The van der Waals surface area contributed by atoms with Gasteiger partial charge >= 0.3 is 12.0 Å². The average molecular weight is 290 g/mol. The zero-order chi connectivity index (χ0) is 15.4. The number of likely N-dealkylation sites (tertiary alicyclic amines) is 1. The van der Waals surface area contributed by atoms with Crippen LogP contribution in [0.3, 0.4) is 0 Å². The Hall–Kier alpha value is -2.04. The van der Waals surface area contributed by atoms with Crippen molar-refractivity contribution in [1.29, 1.82) is 0 Å². The van der Waals surface area contributed by atoms with Gasteiger partial charge in [0.15, 0.2) is 0 Å². The first-order valence-electron chi connectivity index (χ1n) is 7.32. The number of urea groups is 1. The van der Waals surface area contributed by atoms with Crippen LogP contribution in [-0.4, -0.2) is 35.1 Å². The van der Waals surface area contributed by atoms with Crippen LogP contribution in [0.1, 0.15) is 36.9 Å². The van der Waals surface area contributed by atoms with Gasteiger partial charge in [0.05, 0.1) is 12.0 Å². The first-order chi connectivity index (χ1) is 9.97. The van der Waals surface area contributed by atoms with Crippen LogP contribution in [0.15, 0.2) is 24.3 Å². The maximum absolute atomic E-state index is 12.3. The Morgan fingerprint density at radius 2 is 2.19 bits per heavy atom. The maximum Gasteiger partial charge on any atom is 0.317 e. The lowest BCUT2D eigenvalue weighted by atomic mass is 9.98. The van der Waals surface area contributed by atoms with E-state index in [1.54, 1.807) is 4.90 Å². The van der Waals surface area contributed by atoms with Gasteiger partial charge in [0.2, 0.25) is 0 Å². The Balaban J connectivity index is 1.96. The number of carbonyl (C=O) groups is 2. The molecular weight excluding hydrogens is 268 g/mol. The molecule has 0 saturated carbocycles. The lowest BCUT2D eigenvalue weighted by molar-refractivity contribution is -0.143. The number of hydrogen-bond donors (Lipinski definition) is 2. The quantitative estimate of drug-likeness (QED) is 0.899. The Labute approximate surface area is 125 Å². The van der Waals surface area contributed by atoms with Gasteiger partial charge in [0, 0.05) is 13.1 Å². The maximum atomic E-state index is 12.3. The number of carboxylic acid groups (broad SMARTS) is 1. The Kier molecular flexibility index (Phi) is 4.83. The molecule has 0 spiro atoms. The van der Waals surface area contributed by atoms with E-state index >= 15 is 0 Å². The number of amides is 2. The van der Waals surface area contributed by atoms with Crippen LogP contribution in [-0.2, 0) is 4.79 Å². The lowest BCUT2D eigenvalue weighted by Crippen LogP contribution is -2.47. The number of piperidine rings is 1. The van der Waals surface area contributed by atoms with Crippen LogP contribution in [0, 0.1) is 12.8 Å². The van der Waals surface area contributed by atoms with Crippen LogP contribution < -0.4 is 5.32 Å². The Morgan fingerprint density at radius 1 is 1.43 bits per heavy atom. The zero-order valence-corrected chi connectivity index (χ0v) is 12.5. The van der Waals surface area contributed by atoms with E-state index in [9.17, 15) is 9.59 Å². The second-order valence-electron chi connectivity index (χ2n) is 5.71. The highest BCUT2D eigenvalue weighted by atomic mass is 16.4. The summed E-state index contributed by atoms with van der Waals surface area (Å²) in [7, 11) is 0. The van der Waals surface area contributed by atoms with E-state index in [2.05, 4.69) is 5.32 Å². The van der Waals surface area contributed by atoms with Gasteiger partial charge in [0.1, 0.15) is 0 Å². The molecule has 2 rings (SSSR count). The van der Waals surface area contributed by atoms with Gasteiger partial charge in [-0.1, -0.05) is 29.8 Å². The third kappa shape index (κ3) is 3.97. The van der Waals surface area contributed by atoms with Crippen molar-refractivity contribution in [2.24, 2.45) is 5.92 Å². The first-order valence-corrected chi connectivity index (χ1v) is 7.32. The van der Waals surface area contributed by atoms with Gasteiger partial charge in [-0.15, -0.1) is 0 Å². The fourth-order valence-electron chi connectivity index (χ4n) is 2.66. The monoisotopic (exact) mass is 290 g/mol. The molecule has 2 unspecified atom stereocenters. The van der Waals surface area contributed by atoms with Crippen molar-refractivity contribution in [2.45, 2.75) is 32.7 Å². The van der Waals surface area contributed by atoms with Crippen LogP contribution in [0.5, 0.6) is 0 Å². The first kappa shape index (κ1) is 15.4. The third-order valence-corrected chi connectivity index (χ3v) is 3.94. The van der Waals surface area contributed by atoms with Gasteiger partial charge in [-0.2, -0.15) is 0 Å². The lowest BCUT2D eigenvalue weighted by Gasteiger charge is -2.31. The van der Waals surface area contributed by atoms with Crippen LogP contribution >= 0.6 is 0 Å². The Bertz CT molecular complexity index is 530. The summed E-state index contributed by atoms with van der Waals surface area (Å²) < 4.78 is 0. The fourth-order valence-corrected chi connectivity index (χ4v) is 2.66. The normalized spacial score (nSPS) is 19.9. The molecule has 0 aromatic heterocycles. The molecule has 0 radical (unpaired) electrons. The summed E-state index contributed by atoms with van der Waals surface area (Å²) in [6, 6.07) is 7.72. The van der Waals surface area contributed by atoms with E-state index in [0.717, 1.165) is 17.5 Å². The van der Waals surface area contributed by atoms with Crippen LogP contribution in [0.4, 0.5) is 4.79 Å². The molecule has 5 heteroatoms. The third-order valence-electron chi connectivity index (χ3n) is 3.94. The number of carbonyl (C=O) groups excluding carboxylic acids is 1. The molecule has 1 aromatic carbocycles. The standard InChI is InChI=1S/C16H22N2O3/c1-11-5-3-6-13(9-11)12(2)17-16(21)18-8-4-7-14(10-18)15(19)20/h3,5-6,9,12,14H,4,7-8,10H2,1-2H3,(H,17,21)(H,19,20). The van der Waals surface area contributed by atoms with E-state index < -0.39 is 11.9 Å². The number of nitrogens with one attached hydrogen (secondary N) is 1. The molecular formula is C16H22N2O3. The number of benzene rings is 1. The summed E-state index contributed by atoms with van der Waals surface area (Å²) in [5, 5.41) is 12.0. The van der Waals surface area contributed by atoms with Crippen LogP contribution in [0.25, 0.3) is 0 Å². The number of rotatable bonds is 3. The predicted molar refractivity (Wildman–Crippen MR) is 80.1 cm³/mol. The minimum absolute atomic E-state index is 0.0948. The number of carboxylic acids is 1. The van der Waals surface area contributed by atoms with Crippen LogP contribution in [0.2, 0.25) is 0 Å². The van der Waals surface area contributed by atoms with Gasteiger partial charge in [-0.25, -0.2) is 4.79 Å². The minimum Gasteiger partial charge on any atom is -0.481 e. The van der Waals surface area contributed by atoms with Gasteiger partial charge in [0.25, 0.3) is 0 Å². The molecule has 1 saturated heterocycles. The minimum atomic E-state index is -0.820. The van der Waals surface area contributed by atoms with E-state index in [-0.39, 0.29) is 12.1 Å². The molecule has 2 atom stereocenters. The molecule has 0 aliphatic carbocycles. The van der Waals surface area contributed by atoms with Crippen molar-refractivity contribution in [3.8, 4) is 0 Å². The molecule has 1 aromatic rings. The second-order valence-corrected chi connectivity index (χ2v) is 5.71. The molecule has 2 amide bonds. The van der Waals surface area contributed by atoms with Crippen molar-refractivity contribution in [3.63, 3.8) is 0 Å². The molecule has 5 nitrogen and oxygen atoms in total. The molecule has 1 heterocycles. The number of nitrogens with zero attached hydrogens (tertiary/aromatic N) is 1. The second kappa shape index (κ2) is 6.61. The summed E-state index contributed by atoms with van der Waals surface area (Å²) >= 11 is 0. The predicted octanol–water partition coefficient (Wildman–Crippen LogP) is 2.56. The molecule has 114 valence electrons. The highest BCUT2D eigenvalue weighted by molar-refractivity contribution is 5.77. The average Bonchev–Trinajstić information content (AvgIpc) is 2.47. The summed E-state index contributed by atoms with van der Waals surface area (Å²) in [6.45, 7) is 4.86. The Morgan fingerprint density at radius 3 is 2.86 bits per heavy atom. The number of hydrogen-bond acceptors (Lipinski definition) is 2. The summed E-state index contributed by atoms with van der Waals surface area (Å²) in [4.78, 5) is 24.9. The molecule has 1 aliphatic rings. The molecule has 1 aliphatic heterocycles. The van der Waals surface area contributed by atoms with E-state index in [4.69, 9.17) is 5.11 Å². The molecule has 1 fully saturated rings. The van der Waals surface area contributed by atoms with E-state index in [1.165, 1.54) is 0 Å². The smallest absolute Gasteiger partial charge is 0.317 e. The number of aryl methyl sites for hydroxylation is 1. The van der Waals surface area contributed by atoms with Crippen molar-refractivity contribution < 1.29 is 14.7 Å². The summed E-state index contributed by atoms with van der Waals surface area (Å²) in [6.07, 6.45) is 1.38. The van der Waals surface area contributed by atoms with E-state index in [1.807, 2.05) is 38.1 Å². The highest BCUT2D eigenvalue weighted by Crippen LogP contribution is 2.18. The largest absolute Gasteiger partial charge is 0.481 e. The van der Waals surface area contributed by atoms with Crippen molar-refractivity contribution >= 4 is 12.0 Å². The summed E-state index contributed by atoms with van der Waals surface area (Å²) in [5.74, 6) is -1.27. The highest BCUT2D eigenvalue weighted by Gasteiger charge is 2.28. The fraction of sp³-hybridized carbons (Fsp3) is 0.500. The SMILES string of the molecule is Cc1cccc(C(C)NC(=O)N2CCCC(C(=O)O)C2)c1. The van der Waals surface area contributed by atoms with Gasteiger partial charge in [-0.3, -0.25) is 4.79 Å². The molecule has 0 bridgehead atoms. The molecule has 2 N–H and O–H groups in total. The van der Waals surface area contributed by atoms with Crippen molar-refractivity contribution in [2.75, 3.05) is 13.1 Å².